The molecular formula is C16H18ClN3O2. The van der Waals surface area contributed by atoms with Gasteiger partial charge >= 0.3 is 0 Å². The smallest absolute Gasteiger partial charge is 0.267 e. The largest absolute Gasteiger partial charge is 0.351 e. The number of carbonyl (C=O) groups is 2. The Balaban J connectivity index is 1.51. The van der Waals surface area contributed by atoms with Gasteiger partial charge in [0.05, 0.1) is 0 Å². The zero-order valence-electron chi connectivity index (χ0n) is 12.2. The molecule has 22 heavy (non-hydrogen) atoms. The second-order valence-electron chi connectivity index (χ2n) is 5.51. The van der Waals surface area contributed by atoms with Crippen LogP contribution in [0.25, 0.3) is 10.9 Å². The van der Waals surface area contributed by atoms with Crippen molar-refractivity contribution in [2.45, 2.75) is 19.3 Å². The fraction of sp³-hybridized carbons (Fsp3) is 0.375. The van der Waals surface area contributed by atoms with Gasteiger partial charge in [-0.05, 0) is 37.1 Å². The van der Waals surface area contributed by atoms with E-state index < -0.39 is 0 Å². The number of aromatic nitrogens is 1. The molecule has 2 aromatic rings. The lowest BCUT2D eigenvalue weighted by molar-refractivity contribution is -0.127. The van der Waals surface area contributed by atoms with Gasteiger partial charge in [-0.25, -0.2) is 0 Å². The molecule has 0 spiro atoms. The lowest BCUT2D eigenvalue weighted by Gasteiger charge is -2.15. The molecule has 0 bridgehead atoms. The Hall–Kier alpha value is -2.01. The standard InChI is InChI=1S/C16H18ClN3O2/c17-12-4-5-13-11(9-12)10-14(19-13)16(22)18-6-2-8-20-7-1-3-15(20)21/h4-5,9-10,19H,1-3,6-8H2,(H,18,22). The van der Waals surface area contributed by atoms with Crippen molar-refractivity contribution in [3.8, 4) is 0 Å². The summed E-state index contributed by atoms with van der Waals surface area (Å²) < 4.78 is 0. The topological polar surface area (TPSA) is 65.2 Å². The first-order valence-corrected chi connectivity index (χ1v) is 7.85. The third kappa shape index (κ3) is 3.25. The zero-order chi connectivity index (χ0) is 15.5. The second kappa shape index (κ2) is 6.40. The summed E-state index contributed by atoms with van der Waals surface area (Å²) in [5.74, 6) is 0.0823. The first-order valence-electron chi connectivity index (χ1n) is 7.48. The number of amides is 2. The van der Waals surface area contributed by atoms with Gasteiger partial charge in [-0.1, -0.05) is 11.6 Å². The van der Waals surface area contributed by atoms with Crippen LogP contribution >= 0.6 is 11.6 Å². The summed E-state index contributed by atoms with van der Waals surface area (Å²) >= 11 is 5.94. The van der Waals surface area contributed by atoms with Gasteiger partial charge in [0.2, 0.25) is 5.91 Å². The summed E-state index contributed by atoms with van der Waals surface area (Å²) in [5, 5.41) is 4.44. The van der Waals surface area contributed by atoms with Crippen LogP contribution < -0.4 is 5.32 Å². The molecule has 0 radical (unpaired) electrons. The summed E-state index contributed by atoms with van der Waals surface area (Å²) in [6, 6.07) is 7.26. The number of hydrogen-bond donors (Lipinski definition) is 2. The average molecular weight is 320 g/mol. The third-order valence-corrected chi connectivity index (χ3v) is 4.12. The van der Waals surface area contributed by atoms with E-state index >= 15 is 0 Å². The summed E-state index contributed by atoms with van der Waals surface area (Å²) in [6.45, 7) is 2.11. The summed E-state index contributed by atoms with van der Waals surface area (Å²) in [5.41, 5.74) is 1.41. The van der Waals surface area contributed by atoms with Crippen LogP contribution in [0.2, 0.25) is 5.02 Å². The van der Waals surface area contributed by atoms with E-state index in [0.29, 0.717) is 30.2 Å². The molecule has 2 amide bonds. The van der Waals surface area contributed by atoms with Gasteiger partial charge in [0, 0.05) is 42.0 Å². The number of carbonyl (C=O) groups excluding carboxylic acids is 2. The van der Waals surface area contributed by atoms with E-state index in [1.807, 2.05) is 17.0 Å². The van der Waals surface area contributed by atoms with Gasteiger partial charge in [0.25, 0.3) is 5.91 Å². The van der Waals surface area contributed by atoms with Crippen molar-refractivity contribution < 1.29 is 9.59 Å². The van der Waals surface area contributed by atoms with Gasteiger partial charge in [0.1, 0.15) is 5.69 Å². The van der Waals surface area contributed by atoms with E-state index in [1.165, 1.54) is 0 Å². The number of nitrogens with one attached hydrogen (secondary N) is 2. The molecule has 116 valence electrons. The van der Waals surface area contributed by atoms with Crippen LogP contribution in [0.5, 0.6) is 0 Å². The molecule has 0 unspecified atom stereocenters. The molecule has 1 aromatic heterocycles. The maximum atomic E-state index is 12.1. The maximum absolute atomic E-state index is 12.1. The molecule has 0 atom stereocenters. The third-order valence-electron chi connectivity index (χ3n) is 3.89. The van der Waals surface area contributed by atoms with Crippen molar-refractivity contribution in [2.24, 2.45) is 0 Å². The molecule has 2 N–H and O–H groups in total. The Bertz CT molecular complexity index is 710. The highest BCUT2D eigenvalue weighted by atomic mass is 35.5. The Morgan fingerprint density at radius 2 is 2.23 bits per heavy atom. The van der Waals surface area contributed by atoms with Crippen LogP contribution in [-0.2, 0) is 4.79 Å². The molecule has 1 aliphatic rings. The number of nitrogens with zero attached hydrogens (tertiary/aromatic N) is 1. The maximum Gasteiger partial charge on any atom is 0.267 e. The molecule has 2 heterocycles. The van der Waals surface area contributed by atoms with Crippen molar-refractivity contribution >= 4 is 34.3 Å². The number of halogens is 1. The van der Waals surface area contributed by atoms with Crippen LogP contribution in [0.4, 0.5) is 0 Å². The molecule has 5 nitrogen and oxygen atoms in total. The Kier molecular flexibility index (Phi) is 4.34. The highest BCUT2D eigenvalue weighted by molar-refractivity contribution is 6.31. The monoisotopic (exact) mass is 319 g/mol. The lowest BCUT2D eigenvalue weighted by atomic mass is 10.2. The van der Waals surface area contributed by atoms with E-state index in [1.54, 1.807) is 12.1 Å². The molecule has 1 saturated heterocycles. The number of benzene rings is 1. The zero-order valence-corrected chi connectivity index (χ0v) is 12.9. The molecule has 6 heteroatoms. The number of rotatable bonds is 5. The number of likely N-dealkylation sites (tertiary alicyclic amines) is 1. The van der Waals surface area contributed by atoms with Crippen molar-refractivity contribution in [2.75, 3.05) is 19.6 Å². The Morgan fingerprint density at radius 3 is 3.00 bits per heavy atom. The van der Waals surface area contributed by atoms with Gasteiger partial charge in [-0.3, -0.25) is 9.59 Å². The van der Waals surface area contributed by atoms with Crippen LogP contribution in [0.3, 0.4) is 0 Å². The van der Waals surface area contributed by atoms with Crippen molar-refractivity contribution in [3.05, 3.63) is 35.0 Å². The molecule has 0 saturated carbocycles. The van der Waals surface area contributed by atoms with Gasteiger partial charge in [-0.15, -0.1) is 0 Å². The summed E-state index contributed by atoms with van der Waals surface area (Å²) in [7, 11) is 0. The SMILES string of the molecule is O=C(NCCCN1CCCC1=O)c1cc2cc(Cl)ccc2[nH]1. The molecule has 3 rings (SSSR count). The van der Waals surface area contributed by atoms with Crippen molar-refractivity contribution in [1.82, 2.24) is 15.2 Å². The van der Waals surface area contributed by atoms with Gasteiger partial charge < -0.3 is 15.2 Å². The fourth-order valence-electron chi connectivity index (χ4n) is 2.73. The number of fused-ring (bicyclic) bond motifs is 1. The summed E-state index contributed by atoms with van der Waals surface area (Å²) in [6.07, 6.45) is 2.37. The predicted molar refractivity (Wildman–Crippen MR) is 86.1 cm³/mol. The van der Waals surface area contributed by atoms with E-state index in [2.05, 4.69) is 10.3 Å². The van der Waals surface area contributed by atoms with E-state index in [0.717, 1.165) is 30.3 Å². The van der Waals surface area contributed by atoms with Crippen LogP contribution in [-0.4, -0.2) is 41.3 Å². The molecule has 1 fully saturated rings. The normalized spacial score (nSPS) is 14.8. The highest BCUT2D eigenvalue weighted by Gasteiger charge is 2.19. The minimum Gasteiger partial charge on any atom is -0.351 e. The highest BCUT2D eigenvalue weighted by Crippen LogP contribution is 2.20. The van der Waals surface area contributed by atoms with Gasteiger partial charge in [0.15, 0.2) is 0 Å². The quantitative estimate of drug-likeness (QED) is 0.832. The van der Waals surface area contributed by atoms with E-state index in [-0.39, 0.29) is 11.8 Å². The molecule has 1 aromatic carbocycles. The van der Waals surface area contributed by atoms with Crippen LogP contribution in [0.1, 0.15) is 29.8 Å². The van der Waals surface area contributed by atoms with Crippen molar-refractivity contribution in [3.63, 3.8) is 0 Å². The van der Waals surface area contributed by atoms with E-state index in [4.69, 9.17) is 11.6 Å². The van der Waals surface area contributed by atoms with Crippen LogP contribution in [0.15, 0.2) is 24.3 Å². The Morgan fingerprint density at radius 1 is 1.36 bits per heavy atom. The average Bonchev–Trinajstić information content (AvgIpc) is 3.09. The first-order chi connectivity index (χ1) is 10.6. The first kappa shape index (κ1) is 14.9. The molecule has 1 aliphatic heterocycles. The fourth-order valence-corrected chi connectivity index (χ4v) is 2.91. The van der Waals surface area contributed by atoms with Gasteiger partial charge in [-0.2, -0.15) is 0 Å². The minimum atomic E-state index is -0.139. The minimum absolute atomic E-state index is 0.139. The molecule has 0 aliphatic carbocycles. The number of aromatic amines is 1. The molecular weight excluding hydrogens is 302 g/mol. The van der Waals surface area contributed by atoms with Crippen LogP contribution in [0, 0.1) is 0 Å². The summed E-state index contributed by atoms with van der Waals surface area (Å²) in [4.78, 5) is 28.5. The predicted octanol–water partition coefficient (Wildman–Crippen LogP) is 2.56. The number of H-pyrrole nitrogens is 1. The van der Waals surface area contributed by atoms with E-state index in [9.17, 15) is 9.59 Å². The number of hydrogen-bond acceptors (Lipinski definition) is 2. The second-order valence-corrected chi connectivity index (χ2v) is 5.94. The Labute approximate surface area is 133 Å². The lowest BCUT2D eigenvalue weighted by Crippen LogP contribution is -2.30. The van der Waals surface area contributed by atoms with Crippen molar-refractivity contribution in [1.29, 1.82) is 0 Å².